The van der Waals surface area contributed by atoms with Gasteiger partial charge in [0.15, 0.2) is 0 Å². The van der Waals surface area contributed by atoms with E-state index in [0.29, 0.717) is 11.8 Å². The van der Waals surface area contributed by atoms with E-state index < -0.39 is 0 Å². The summed E-state index contributed by atoms with van der Waals surface area (Å²) in [5, 5.41) is 4.22. The molecule has 3 aliphatic heterocycles. The van der Waals surface area contributed by atoms with Crippen LogP contribution in [0.2, 0.25) is 0 Å². The molecule has 2 saturated heterocycles. The highest BCUT2D eigenvalue weighted by Crippen LogP contribution is 2.36. The summed E-state index contributed by atoms with van der Waals surface area (Å²) in [6.45, 7) is 5.74. The predicted octanol–water partition coefficient (Wildman–Crippen LogP) is 1.98. The van der Waals surface area contributed by atoms with Gasteiger partial charge in [0.25, 0.3) is 5.56 Å². The minimum atomic E-state index is 0.239. The molecular weight excluding hydrogens is 352 g/mol. The fourth-order valence-electron chi connectivity index (χ4n) is 5.39. The van der Waals surface area contributed by atoms with E-state index in [1.54, 1.807) is 6.33 Å². The van der Waals surface area contributed by atoms with Gasteiger partial charge in [-0.15, -0.1) is 0 Å². The van der Waals surface area contributed by atoms with Gasteiger partial charge in [0.2, 0.25) is 5.95 Å². The summed E-state index contributed by atoms with van der Waals surface area (Å²) >= 11 is 0. The lowest BCUT2D eigenvalue weighted by atomic mass is 9.83. The number of piperidine rings is 1. The maximum absolute atomic E-state index is 13.3. The summed E-state index contributed by atoms with van der Waals surface area (Å²) in [4.78, 5) is 22.5. The van der Waals surface area contributed by atoms with E-state index in [1.807, 2.05) is 11.7 Å². The van der Waals surface area contributed by atoms with E-state index in [1.165, 1.54) is 37.8 Å². The second kappa shape index (κ2) is 7.35. The first kappa shape index (κ1) is 17.9. The van der Waals surface area contributed by atoms with Gasteiger partial charge in [0.1, 0.15) is 6.33 Å². The number of nitrogens with zero attached hydrogens (tertiary/aromatic N) is 6. The molecule has 0 radical (unpaired) electrons. The van der Waals surface area contributed by atoms with E-state index in [9.17, 15) is 4.79 Å². The molecule has 2 fully saturated rings. The molecule has 0 aromatic carbocycles. The first-order chi connectivity index (χ1) is 13.7. The van der Waals surface area contributed by atoms with Gasteiger partial charge in [-0.05, 0) is 44.3 Å². The molecule has 28 heavy (non-hydrogen) atoms. The highest BCUT2D eigenvalue weighted by molar-refractivity contribution is 5.34. The van der Waals surface area contributed by atoms with Gasteiger partial charge in [-0.25, -0.2) is 4.68 Å². The Kier molecular flexibility index (Phi) is 4.70. The molecule has 2 atom stereocenters. The Morgan fingerprint density at radius 2 is 1.89 bits per heavy atom. The maximum atomic E-state index is 13.3. The van der Waals surface area contributed by atoms with Crippen molar-refractivity contribution in [1.29, 1.82) is 0 Å². The number of aryl methyl sites for hydroxylation is 1. The second-order valence-electron chi connectivity index (χ2n) is 8.78. The number of anilines is 1. The predicted molar refractivity (Wildman–Crippen MR) is 109 cm³/mol. The van der Waals surface area contributed by atoms with Crippen LogP contribution in [0.1, 0.15) is 49.3 Å². The average Bonchev–Trinajstić information content (AvgIpc) is 2.95. The van der Waals surface area contributed by atoms with Crippen molar-refractivity contribution in [2.45, 2.75) is 51.1 Å². The fourth-order valence-corrected chi connectivity index (χ4v) is 5.39. The molecule has 2 aromatic heterocycles. The Morgan fingerprint density at radius 3 is 2.64 bits per heavy atom. The van der Waals surface area contributed by atoms with Crippen LogP contribution < -0.4 is 10.5 Å². The van der Waals surface area contributed by atoms with Crippen LogP contribution in [0, 0.1) is 5.92 Å². The van der Waals surface area contributed by atoms with Crippen LogP contribution in [-0.4, -0.2) is 50.4 Å². The van der Waals surface area contributed by atoms with Gasteiger partial charge in [-0.3, -0.25) is 9.69 Å². The molecule has 0 amide bonds. The summed E-state index contributed by atoms with van der Waals surface area (Å²) in [5.41, 5.74) is 2.41. The lowest BCUT2D eigenvalue weighted by Crippen LogP contribution is -2.48. The molecule has 3 aliphatic rings. The highest BCUT2D eigenvalue weighted by Gasteiger charge is 2.36. The molecule has 5 heterocycles. The Balaban J connectivity index is 1.39. The molecule has 0 aliphatic carbocycles. The average molecular weight is 383 g/mol. The molecular formula is C21H30N6O. The highest BCUT2D eigenvalue weighted by atomic mass is 16.1. The third-order valence-corrected chi connectivity index (χ3v) is 6.75. The van der Waals surface area contributed by atoms with Crippen molar-refractivity contribution in [2.75, 3.05) is 31.1 Å². The molecule has 150 valence electrons. The van der Waals surface area contributed by atoms with Crippen LogP contribution in [-0.2, 0) is 20.1 Å². The van der Waals surface area contributed by atoms with Crippen LogP contribution in [0.3, 0.4) is 0 Å². The molecule has 2 bridgehead atoms. The standard InChI is InChI=1S/C21H30N6O/c1-24-21(22-15-23-24)26-11-16-10-18(14-26)19-7-6-17(20(28)27(19)12-16)13-25-8-4-2-3-5-9-25/h6-7,15-16,18H,2-5,8-14H2,1H3/t16-,18+/m0/s1. The van der Waals surface area contributed by atoms with Crippen molar-refractivity contribution in [2.24, 2.45) is 13.0 Å². The summed E-state index contributed by atoms with van der Waals surface area (Å²) in [6, 6.07) is 4.32. The first-order valence-electron chi connectivity index (χ1n) is 10.7. The van der Waals surface area contributed by atoms with Gasteiger partial charge >= 0.3 is 0 Å². The fraction of sp³-hybridized carbons (Fsp3) is 0.667. The van der Waals surface area contributed by atoms with E-state index in [0.717, 1.165) is 50.8 Å². The molecule has 5 rings (SSSR count). The van der Waals surface area contributed by atoms with Crippen molar-refractivity contribution in [3.8, 4) is 0 Å². The first-order valence-corrected chi connectivity index (χ1v) is 10.7. The normalized spacial score (nSPS) is 25.4. The van der Waals surface area contributed by atoms with Crippen LogP contribution in [0.25, 0.3) is 0 Å². The van der Waals surface area contributed by atoms with Gasteiger partial charge < -0.3 is 9.47 Å². The van der Waals surface area contributed by atoms with Crippen LogP contribution >= 0.6 is 0 Å². The summed E-state index contributed by atoms with van der Waals surface area (Å²) in [6.07, 6.45) is 7.95. The Bertz CT molecular complexity index is 895. The third kappa shape index (κ3) is 3.26. The zero-order chi connectivity index (χ0) is 19.1. The third-order valence-electron chi connectivity index (χ3n) is 6.75. The number of rotatable bonds is 3. The van der Waals surface area contributed by atoms with Crippen molar-refractivity contribution >= 4 is 5.95 Å². The van der Waals surface area contributed by atoms with Gasteiger partial charge in [-0.2, -0.15) is 10.1 Å². The monoisotopic (exact) mass is 382 g/mol. The SMILES string of the molecule is Cn1ncnc1N1C[C@@H]2C[C@H](C1)c1ccc(CN3CCCCCC3)c(=O)n1C2. The van der Waals surface area contributed by atoms with Crippen molar-refractivity contribution in [3.63, 3.8) is 0 Å². The Morgan fingerprint density at radius 1 is 1.07 bits per heavy atom. The van der Waals surface area contributed by atoms with Crippen molar-refractivity contribution in [3.05, 3.63) is 40.1 Å². The lowest BCUT2D eigenvalue weighted by Gasteiger charge is -2.43. The topological polar surface area (TPSA) is 59.2 Å². The Labute approximate surface area is 166 Å². The second-order valence-corrected chi connectivity index (χ2v) is 8.78. The molecule has 0 N–H and O–H groups in total. The number of hydrogen-bond acceptors (Lipinski definition) is 5. The number of pyridine rings is 1. The Hall–Kier alpha value is -2.15. The smallest absolute Gasteiger partial charge is 0.255 e. The minimum Gasteiger partial charge on any atom is -0.340 e. The van der Waals surface area contributed by atoms with Crippen molar-refractivity contribution in [1.82, 2.24) is 24.2 Å². The van der Waals surface area contributed by atoms with Crippen molar-refractivity contribution < 1.29 is 0 Å². The number of aromatic nitrogens is 4. The molecule has 0 saturated carbocycles. The van der Waals surface area contributed by atoms with E-state index in [4.69, 9.17) is 0 Å². The minimum absolute atomic E-state index is 0.239. The van der Waals surface area contributed by atoms with E-state index >= 15 is 0 Å². The molecule has 0 unspecified atom stereocenters. The number of hydrogen-bond donors (Lipinski definition) is 0. The molecule has 7 heteroatoms. The van der Waals surface area contributed by atoms with Gasteiger partial charge in [-0.1, -0.05) is 18.9 Å². The largest absolute Gasteiger partial charge is 0.340 e. The molecule has 7 nitrogen and oxygen atoms in total. The maximum Gasteiger partial charge on any atom is 0.255 e. The number of fused-ring (bicyclic) bond motifs is 4. The van der Waals surface area contributed by atoms with Gasteiger partial charge in [0.05, 0.1) is 0 Å². The van der Waals surface area contributed by atoms with Crippen LogP contribution in [0.4, 0.5) is 5.95 Å². The van der Waals surface area contributed by atoms with E-state index in [2.05, 4.69) is 36.6 Å². The zero-order valence-electron chi connectivity index (χ0n) is 16.8. The quantitative estimate of drug-likeness (QED) is 0.812. The number of likely N-dealkylation sites (tertiary alicyclic amines) is 1. The van der Waals surface area contributed by atoms with Crippen LogP contribution in [0.5, 0.6) is 0 Å². The van der Waals surface area contributed by atoms with Crippen LogP contribution in [0.15, 0.2) is 23.3 Å². The summed E-state index contributed by atoms with van der Waals surface area (Å²) < 4.78 is 3.93. The summed E-state index contributed by atoms with van der Waals surface area (Å²) in [5.74, 6) is 1.82. The zero-order valence-corrected chi connectivity index (χ0v) is 16.8. The van der Waals surface area contributed by atoms with Gasteiger partial charge in [0, 0.05) is 50.4 Å². The molecule has 2 aromatic rings. The van der Waals surface area contributed by atoms with E-state index in [-0.39, 0.29) is 5.56 Å². The molecule has 0 spiro atoms. The summed E-state index contributed by atoms with van der Waals surface area (Å²) in [7, 11) is 1.94. The lowest BCUT2D eigenvalue weighted by molar-refractivity contribution is 0.264.